The molecule has 1 aliphatic rings. The van der Waals surface area contributed by atoms with Gasteiger partial charge < -0.3 is 5.73 Å². The minimum Gasteiger partial charge on any atom is -0.326 e. The highest BCUT2D eigenvalue weighted by Crippen LogP contribution is 2.33. The Morgan fingerprint density at radius 3 is 2.88 bits per heavy atom. The van der Waals surface area contributed by atoms with Gasteiger partial charge in [-0.1, -0.05) is 35.9 Å². The number of halogens is 2. The maximum atomic E-state index is 13.9. The standard InChI is InChI=1S/C20H21ClFN3/c1-13-19(24)6-3-9-25(13)12-16-4-2-5-17(20(16)21)14-7-8-15(11-23)18(22)10-14/h2,4-5,7-8,10,13,19H,3,6,9,12,24H2,1H3/t13-,19+/m1/s1. The first-order valence-corrected chi connectivity index (χ1v) is 8.86. The van der Waals surface area contributed by atoms with Crippen molar-refractivity contribution >= 4 is 11.6 Å². The average Bonchev–Trinajstić information content (AvgIpc) is 2.60. The van der Waals surface area contributed by atoms with Gasteiger partial charge in [-0.3, -0.25) is 4.90 Å². The van der Waals surface area contributed by atoms with E-state index in [0.29, 0.717) is 16.6 Å². The first-order valence-electron chi connectivity index (χ1n) is 8.48. The predicted octanol–water partition coefficient (Wildman–Crippen LogP) is 4.33. The van der Waals surface area contributed by atoms with E-state index in [1.54, 1.807) is 6.07 Å². The second kappa shape index (κ2) is 7.53. The van der Waals surface area contributed by atoms with E-state index in [2.05, 4.69) is 11.8 Å². The van der Waals surface area contributed by atoms with Gasteiger partial charge >= 0.3 is 0 Å². The number of likely N-dealkylation sites (tertiary alicyclic amines) is 1. The summed E-state index contributed by atoms with van der Waals surface area (Å²) in [5.74, 6) is -0.530. The van der Waals surface area contributed by atoms with E-state index in [0.717, 1.165) is 37.1 Å². The van der Waals surface area contributed by atoms with Gasteiger partial charge in [0.2, 0.25) is 0 Å². The molecule has 0 amide bonds. The molecule has 0 unspecified atom stereocenters. The zero-order valence-electron chi connectivity index (χ0n) is 14.2. The van der Waals surface area contributed by atoms with Crippen molar-refractivity contribution in [3.05, 3.63) is 58.4 Å². The monoisotopic (exact) mass is 357 g/mol. The fraction of sp³-hybridized carbons (Fsp3) is 0.350. The minimum atomic E-state index is -0.530. The zero-order valence-corrected chi connectivity index (χ0v) is 14.9. The Labute approximate surface area is 152 Å². The van der Waals surface area contributed by atoms with Crippen molar-refractivity contribution in [2.24, 2.45) is 5.73 Å². The van der Waals surface area contributed by atoms with Crippen LogP contribution in [-0.4, -0.2) is 23.5 Å². The molecule has 0 radical (unpaired) electrons. The highest BCUT2D eigenvalue weighted by molar-refractivity contribution is 6.34. The van der Waals surface area contributed by atoms with Crippen molar-refractivity contribution in [1.82, 2.24) is 4.90 Å². The first-order chi connectivity index (χ1) is 12.0. The quantitative estimate of drug-likeness (QED) is 0.889. The van der Waals surface area contributed by atoms with Crippen LogP contribution in [0.25, 0.3) is 11.1 Å². The van der Waals surface area contributed by atoms with E-state index in [9.17, 15) is 4.39 Å². The molecule has 0 bridgehead atoms. The SMILES string of the molecule is C[C@@H]1[C@@H](N)CCCN1Cc1cccc(-c2ccc(C#N)c(F)c2)c1Cl. The highest BCUT2D eigenvalue weighted by Gasteiger charge is 2.25. The number of nitriles is 1. The Morgan fingerprint density at radius 2 is 2.16 bits per heavy atom. The van der Waals surface area contributed by atoms with E-state index in [-0.39, 0.29) is 11.6 Å². The largest absolute Gasteiger partial charge is 0.326 e. The molecule has 1 fully saturated rings. The van der Waals surface area contributed by atoms with Crippen molar-refractivity contribution in [2.75, 3.05) is 6.54 Å². The third kappa shape index (κ3) is 3.69. The van der Waals surface area contributed by atoms with Gasteiger partial charge in [0.15, 0.2) is 0 Å². The molecule has 2 aromatic rings. The summed E-state index contributed by atoms with van der Waals surface area (Å²) >= 11 is 6.63. The van der Waals surface area contributed by atoms with Gasteiger partial charge in [0.25, 0.3) is 0 Å². The summed E-state index contributed by atoms with van der Waals surface area (Å²) in [5.41, 5.74) is 8.67. The van der Waals surface area contributed by atoms with Gasteiger partial charge in [0, 0.05) is 24.2 Å². The molecule has 25 heavy (non-hydrogen) atoms. The molecule has 3 rings (SSSR count). The molecule has 1 heterocycles. The van der Waals surface area contributed by atoms with E-state index in [1.807, 2.05) is 24.3 Å². The fourth-order valence-corrected chi connectivity index (χ4v) is 3.68. The topological polar surface area (TPSA) is 53.0 Å². The molecule has 0 aromatic heterocycles. The van der Waals surface area contributed by atoms with Crippen molar-refractivity contribution in [3.8, 4) is 17.2 Å². The summed E-state index contributed by atoms with van der Waals surface area (Å²) in [6, 6.07) is 12.7. The molecular weight excluding hydrogens is 337 g/mol. The molecule has 1 saturated heterocycles. The highest BCUT2D eigenvalue weighted by atomic mass is 35.5. The number of hydrogen-bond donors (Lipinski definition) is 1. The van der Waals surface area contributed by atoms with Crippen molar-refractivity contribution in [2.45, 2.75) is 38.4 Å². The summed E-state index contributed by atoms with van der Waals surface area (Å²) in [6.07, 6.45) is 2.14. The lowest BCUT2D eigenvalue weighted by molar-refractivity contribution is 0.133. The molecule has 0 aliphatic carbocycles. The minimum absolute atomic E-state index is 0.0344. The van der Waals surface area contributed by atoms with Crippen molar-refractivity contribution in [3.63, 3.8) is 0 Å². The van der Waals surface area contributed by atoms with Crippen LogP contribution < -0.4 is 5.73 Å². The van der Waals surface area contributed by atoms with Gasteiger partial charge in [0.05, 0.1) is 10.6 Å². The molecule has 1 aliphatic heterocycles. The molecule has 2 N–H and O–H groups in total. The first kappa shape index (κ1) is 17.9. The van der Waals surface area contributed by atoms with Crippen LogP contribution in [0.2, 0.25) is 5.02 Å². The van der Waals surface area contributed by atoms with Crippen LogP contribution >= 0.6 is 11.6 Å². The molecule has 3 nitrogen and oxygen atoms in total. The Morgan fingerprint density at radius 1 is 1.36 bits per heavy atom. The molecule has 0 spiro atoms. The van der Waals surface area contributed by atoms with Gasteiger partial charge in [-0.15, -0.1) is 0 Å². The van der Waals surface area contributed by atoms with Crippen LogP contribution in [0.3, 0.4) is 0 Å². The molecule has 5 heteroatoms. The summed E-state index contributed by atoms with van der Waals surface area (Å²) in [6.45, 7) is 3.87. The van der Waals surface area contributed by atoms with E-state index in [4.69, 9.17) is 22.6 Å². The second-order valence-corrected chi connectivity index (χ2v) is 6.98. The molecule has 2 atom stereocenters. The Balaban J connectivity index is 1.90. The summed E-state index contributed by atoms with van der Waals surface area (Å²) in [7, 11) is 0. The maximum Gasteiger partial charge on any atom is 0.141 e. The van der Waals surface area contributed by atoms with Crippen LogP contribution in [0.15, 0.2) is 36.4 Å². The second-order valence-electron chi connectivity index (χ2n) is 6.60. The smallest absolute Gasteiger partial charge is 0.141 e. The van der Waals surface area contributed by atoms with Crippen molar-refractivity contribution in [1.29, 1.82) is 5.26 Å². The van der Waals surface area contributed by atoms with Gasteiger partial charge in [-0.2, -0.15) is 5.26 Å². The number of benzene rings is 2. The lowest BCUT2D eigenvalue weighted by atomic mass is 9.96. The van der Waals surface area contributed by atoms with Gasteiger partial charge in [-0.25, -0.2) is 4.39 Å². The summed E-state index contributed by atoms with van der Waals surface area (Å²) in [5, 5.41) is 9.50. The van der Waals surface area contributed by atoms with Crippen LogP contribution in [0.5, 0.6) is 0 Å². The number of piperidine rings is 1. The van der Waals surface area contributed by atoms with Gasteiger partial charge in [-0.05, 0) is 49.6 Å². The summed E-state index contributed by atoms with van der Waals surface area (Å²) < 4.78 is 13.9. The van der Waals surface area contributed by atoms with Crippen LogP contribution in [0, 0.1) is 17.1 Å². The molecule has 130 valence electrons. The summed E-state index contributed by atoms with van der Waals surface area (Å²) in [4.78, 5) is 2.35. The lowest BCUT2D eigenvalue weighted by Crippen LogP contribution is -2.49. The number of nitrogens with zero attached hydrogens (tertiary/aromatic N) is 2. The number of rotatable bonds is 3. The lowest BCUT2D eigenvalue weighted by Gasteiger charge is -2.37. The van der Waals surface area contributed by atoms with Crippen LogP contribution in [0.1, 0.15) is 30.9 Å². The number of nitrogens with two attached hydrogens (primary N) is 1. The zero-order chi connectivity index (χ0) is 18.0. The van der Waals surface area contributed by atoms with E-state index < -0.39 is 5.82 Å². The van der Waals surface area contributed by atoms with Crippen LogP contribution in [0.4, 0.5) is 4.39 Å². The van der Waals surface area contributed by atoms with Crippen LogP contribution in [-0.2, 0) is 6.54 Å². The van der Waals surface area contributed by atoms with E-state index >= 15 is 0 Å². The fourth-order valence-electron chi connectivity index (χ4n) is 3.39. The van der Waals surface area contributed by atoms with Crippen molar-refractivity contribution < 1.29 is 4.39 Å². The number of hydrogen-bond acceptors (Lipinski definition) is 3. The Kier molecular flexibility index (Phi) is 5.39. The average molecular weight is 358 g/mol. The Hall–Kier alpha value is -1.93. The maximum absolute atomic E-state index is 13.9. The molecule has 2 aromatic carbocycles. The third-order valence-electron chi connectivity index (χ3n) is 5.03. The normalized spacial score (nSPS) is 21.1. The Bertz CT molecular complexity index is 815. The molecular formula is C20H21ClFN3. The van der Waals surface area contributed by atoms with Gasteiger partial charge in [0.1, 0.15) is 11.9 Å². The molecule has 0 saturated carbocycles. The van der Waals surface area contributed by atoms with E-state index in [1.165, 1.54) is 12.1 Å². The third-order valence-corrected chi connectivity index (χ3v) is 5.48. The predicted molar refractivity (Wildman–Crippen MR) is 98.6 cm³/mol.